The number of nitrogens with zero attached hydrogens (tertiary/aromatic N) is 1. The highest BCUT2D eigenvalue weighted by Crippen LogP contribution is 2.38. The van der Waals surface area contributed by atoms with Gasteiger partial charge in [-0.25, -0.2) is 0 Å². The second kappa shape index (κ2) is 7.29. The Balaban J connectivity index is 1.83. The minimum atomic E-state index is -0.672. The van der Waals surface area contributed by atoms with E-state index in [4.69, 9.17) is 4.74 Å². The number of aromatic nitrogens is 1. The number of aryl methyl sites for hydroxylation is 1. The van der Waals surface area contributed by atoms with Crippen LogP contribution in [0.2, 0.25) is 0 Å². The van der Waals surface area contributed by atoms with Crippen LogP contribution in [-0.4, -0.2) is 41.4 Å². The Morgan fingerprint density at radius 3 is 2.68 bits per heavy atom. The van der Waals surface area contributed by atoms with Crippen molar-refractivity contribution in [3.63, 3.8) is 0 Å². The number of ether oxygens (including phenoxy) is 1. The zero-order valence-electron chi connectivity index (χ0n) is 14.1. The minimum absolute atomic E-state index is 0.122. The van der Waals surface area contributed by atoms with Crippen molar-refractivity contribution in [1.82, 2.24) is 9.88 Å². The number of hydrogen-bond donors (Lipinski definition) is 2. The van der Waals surface area contributed by atoms with Crippen LogP contribution in [0.1, 0.15) is 54.5 Å². The number of nitrogens with one attached hydrogen (secondary N) is 1. The van der Waals surface area contributed by atoms with Crippen molar-refractivity contribution in [3.05, 3.63) is 23.0 Å². The molecule has 5 heteroatoms. The maximum atomic E-state index is 12.3. The molecule has 2 N–H and O–H groups in total. The summed E-state index contributed by atoms with van der Waals surface area (Å²) in [5.74, 6) is 0.317. The van der Waals surface area contributed by atoms with Crippen LogP contribution >= 0.6 is 0 Å². The van der Waals surface area contributed by atoms with Crippen LogP contribution in [0.3, 0.4) is 0 Å². The zero-order chi connectivity index (χ0) is 16.3. The molecule has 0 aliphatic heterocycles. The highest BCUT2D eigenvalue weighted by molar-refractivity contribution is 5.95. The van der Waals surface area contributed by atoms with Crippen LogP contribution in [0.25, 0.3) is 0 Å². The Labute approximate surface area is 132 Å². The first-order valence-corrected chi connectivity index (χ1v) is 8.12. The van der Waals surface area contributed by atoms with Gasteiger partial charge in [-0.05, 0) is 38.7 Å². The monoisotopic (exact) mass is 308 g/mol. The number of amides is 1. The van der Waals surface area contributed by atoms with Crippen molar-refractivity contribution in [2.75, 3.05) is 19.8 Å². The molecule has 1 aromatic rings. The van der Waals surface area contributed by atoms with Crippen LogP contribution in [0.4, 0.5) is 0 Å². The van der Waals surface area contributed by atoms with Gasteiger partial charge < -0.3 is 19.7 Å². The fourth-order valence-corrected chi connectivity index (χ4v) is 2.71. The molecule has 1 unspecified atom stereocenters. The Morgan fingerprint density at radius 2 is 2.09 bits per heavy atom. The Hall–Kier alpha value is -1.33. The van der Waals surface area contributed by atoms with Gasteiger partial charge in [0.1, 0.15) is 0 Å². The first kappa shape index (κ1) is 17.0. The van der Waals surface area contributed by atoms with Gasteiger partial charge in [-0.1, -0.05) is 13.8 Å². The van der Waals surface area contributed by atoms with E-state index in [9.17, 15) is 9.90 Å². The van der Waals surface area contributed by atoms with Gasteiger partial charge in [-0.15, -0.1) is 0 Å². The molecule has 5 nitrogen and oxygen atoms in total. The summed E-state index contributed by atoms with van der Waals surface area (Å²) in [6.45, 7) is 9.23. The highest BCUT2D eigenvalue weighted by Gasteiger charge is 2.28. The molecule has 1 saturated carbocycles. The van der Waals surface area contributed by atoms with Crippen LogP contribution < -0.4 is 5.32 Å². The summed E-state index contributed by atoms with van der Waals surface area (Å²) < 4.78 is 7.62. The topological polar surface area (TPSA) is 63.5 Å². The molecule has 1 amide bonds. The number of aliphatic hydroxyl groups excluding tert-OH is 1. The van der Waals surface area contributed by atoms with E-state index >= 15 is 0 Å². The molecule has 1 aromatic heterocycles. The molecule has 1 fully saturated rings. The quantitative estimate of drug-likeness (QED) is 0.774. The minimum Gasteiger partial charge on any atom is -0.389 e. The van der Waals surface area contributed by atoms with Gasteiger partial charge in [0, 0.05) is 30.6 Å². The van der Waals surface area contributed by atoms with E-state index < -0.39 is 6.10 Å². The second-order valence-corrected chi connectivity index (χ2v) is 6.68. The van der Waals surface area contributed by atoms with E-state index in [0.717, 1.165) is 11.4 Å². The second-order valence-electron chi connectivity index (χ2n) is 6.68. The average Bonchev–Trinajstić information content (AvgIpc) is 3.22. The average molecular weight is 308 g/mol. The molecular formula is C17H28N2O3. The molecule has 0 spiro atoms. The SMILES string of the molecule is Cc1cc(C(=O)NCC(O)COCC(C)C)c(C)n1C1CC1. The number of hydrogen-bond acceptors (Lipinski definition) is 3. The van der Waals surface area contributed by atoms with Gasteiger partial charge in [-0.3, -0.25) is 4.79 Å². The van der Waals surface area contributed by atoms with E-state index in [1.807, 2.05) is 19.9 Å². The van der Waals surface area contributed by atoms with E-state index in [0.29, 0.717) is 24.1 Å². The molecule has 1 aliphatic rings. The van der Waals surface area contributed by atoms with E-state index in [1.54, 1.807) is 0 Å². The van der Waals surface area contributed by atoms with Gasteiger partial charge >= 0.3 is 0 Å². The molecular weight excluding hydrogens is 280 g/mol. The zero-order valence-corrected chi connectivity index (χ0v) is 14.1. The number of rotatable bonds is 8. The van der Waals surface area contributed by atoms with Gasteiger partial charge in [0.05, 0.1) is 18.3 Å². The Morgan fingerprint density at radius 1 is 1.41 bits per heavy atom. The summed E-state index contributed by atoms with van der Waals surface area (Å²) >= 11 is 0. The summed E-state index contributed by atoms with van der Waals surface area (Å²) in [5.41, 5.74) is 2.86. The molecule has 0 radical (unpaired) electrons. The normalized spacial score (nSPS) is 16.1. The van der Waals surface area contributed by atoms with Crippen molar-refractivity contribution >= 4 is 5.91 Å². The first-order valence-electron chi connectivity index (χ1n) is 8.12. The lowest BCUT2D eigenvalue weighted by atomic mass is 10.2. The summed E-state index contributed by atoms with van der Waals surface area (Å²) in [4.78, 5) is 12.3. The lowest BCUT2D eigenvalue weighted by Gasteiger charge is -2.13. The van der Waals surface area contributed by atoms with Gasteiger partial charge in [0.15, 0.2) is 0 Å². The van der Waals surface area contributed by atoms with Gasteiger partial charge in [-0.2, -0.15) is 0 Å². The van der Waals surface area contributed by atoms with Crippen molar-refractivity contribution in [2.45, 2.75) is 52.7 Å². The van der Waals surface area contributed by atoms with Gasteiger partial charge in [0.25, 0.3) is 5.91 Å². The Kier molecular flexibility index (Phi) is 5.64. The predicted molar refractivity (Wildman–Crippen MR) is 86.2 cm³/mol. The fourth-order valence-electron chi connectivity index (χ4n) is 2.71. The number of aliphatic hydroxyl groups is 1. The lowest BCUT2D eigenvalue weighted by molar-refractivity contribution is 0.0259. The van der Waals surface area contributed by atoms with E-state index in [-0.39, 0.29) is 19.1 Å². The molecule has 1 heterocycles. The van der Waals surface area contributed by atoms with Crippen molar-refractivity contribution in [1.29, 1.82) is 0 Å². The summed E-state index contributed by atoms with van der Waals surface area (Å²) in [5, 5.41) is 12.6. The molecule has 0 saturated heterocycles. The third-order valence-electron chi connectivity index (χ3n) is 3.90. The van der Waals surface area contributed by atoms with E-state index in [1.165, 1.54) is 12.8 Å². The molecule has 0 bridgehead atoms. The van der Waals surface area contributed by atoms with Crippen LogP contribution in [0.5, 0.6) is 0 Å². The summed E-state index contributed by atoms with van der Waals surface area (Å²) in [7, 11) is 0. The van der Waals surface area contributed by atoms with Crippen LogP contribution in [-0.2, 0) is 4.74 Å². The fraction of sp³-hybridized carbons (Fsp3) is 0.706. The lowest BCUT2D eigenvalue weighted by Crippen LogP contribution is -2.35. The van der Waals surface area contributed by atoms with Crippen LogP contribution in [0, 0.1) is 19.8 Å². The first-order chi connectivity index (χ1) is 10.4. The third-order valence-corrected chi connectivity index (χ3v) is 3.90. The van der Waals surface area contributed by atoms with Crippen molar-refractivity contribution < 1.29 is 14.6 Å². The number of carbonyl (C=O) groups is 1. The van der Waals surface area contributed by atoms with E-state index in [2.05, 4.69) is 23.7 Å². The van der Waals surface area contributed by atoms with Gasteiger partial charge in [0.2, 0.25) is 0 Å². The molecule has 1 atom stereocenters. The third kappa shape index (κ3) is 4.34. The molecule has 22 heavy (non-hydrogen) atoms. The number of carbonyl (C=O) groups excluding carboxylic acids is 1. The highest BCUT2D eigenvalue weighted by atomic mass is 16.5. The maximum Gasteiger partial charge on any atom is 0.253 e. The van der Waals surface area contributed by atoms with Crippen molar-refractivity contribution in [2.24, 2.45) is 5.92 Å². The maximum absolute atomic E-state index is 12.3. The summed E-state index contributed by atoms with van der Waals surface area (Å²) in [6, 6.07) is 2.50. The molecule has 0 aromatic carbocycles. The summed E-state index contributed by atoms with van der Waals surface area (Å²) in [6.07, 6.45) is 1.72. The largest absolute Gasteiger partial charge is 0.389 e. The smallest absolute Gasteiger partial charge is 0.253 e. The van der Waals surface area contributed by atoms with Crippen molar-refractivity contribution in [3.8, 4) is 0 Å². The standard InChI is InChI=1S/C17H28N2O3/c1-11(2)9-22-10-15(20)8-18-17(21)16-7-12(3)19(13(16)4)14-5-6-14/h7,11,14-15,20H,5-6,8-10H2,1-4H3,(H,18,21). The Bertz CT molecular complexity index is 518. The van der Waals surface area contributed by atoms with Crippen LogP contribution in [0.15, 0.2) is 6.07 Å². The predicted octanol–water partition coefficient (Wildman–Crippen LogP) is 2.20. The molecule has 2 rings (SSSR count). The molecule has 1 aliphatic carbocycles. The molecule has 124 valence electrons.